The maximum Gasteiger partial charge on any atom is 0.243 e. The average molecular weight is 291 g/mol. The van der Waals surface area contributed by atoms with Gasteiger partial charge < -0.3 is 10.2 Å². The van der Waals surface area contributed by atoms with Gasteiger partial charge in [0.15, 0.2) is 0 Å². The van der Waals surface area contributed by atoms with E-state index in [2.05, 4.69) is 37.5 Å². The van der Waals surface area contributed by atoms with E-state index < -0.39 is 0 Å². The van der Waals surface area contributed by atoms with Gasteiger partial charge in [-0.25, -0.2) is 5.84 Å². The molecule has 21 heavy (non-hydrogen) atoms. The number of aromatic nitrogens is 3. The highest BCUT2D eigenvalue weighted by atomic mass is 15.4. The van der Waals surface area contributed by atoms with E-state index >= 15 is 0 Å². The van der Waals surface area contributed by atoms with Crippen molar-refractivity contribution < 1.29 is 0 Å². The summed E-state index contributed by atoms with van der Waals surface area (Å²) < 4.78 is 0. The molecule has 1 aromatic heterocycles. The number of nitrogens with two attached hydrogens (primary N) is 1. The lowest BCUT2D eigenvalue weighted by Crippen LogP contribution is -2.24. The summed E-state index contributed by atoms with van der Waals surface area (Å²) in [6, 6.07) is 0. The lowest BCUT2D eigenvalue weighted by atomic mass is 10.0. The third kappa shape index (κ3) is 3.34. The molecule has 1 saturated heterocycles. The summed E-state index contributed by atoms with van der Waals surface area (Å²) in [6.07, 6.45) is 7.50. The quantitative estimate of drug-likeness (QED) is 0.520. The van der Waals surface area contributed by atoms with Crippen LogP contribution in [0, 0.1) is 5.41 Å². The van der Waals surface area contributed by atoms with Gasteiger partial charge in [0.1, 0.15) is 0 Å². The number of anilines is 3. The normalized spacial score (nSPS) is 19.6. The van der Waals surface area contributed by atoms with Crippen molar-refractivity contribution >= 4 is 17.8 Å². The lowest BCUT2D eigenvalue weighted by Gasteiger charge is -2.18. The van der Waals surface area contributed by atoms with Crippen LogP contribution in [0.25, 0.3) is 0 Å². The molecule has 2 fully saturated rings. The Balaban J connectivity index is 1.70. The molecule has 0 bridgehead atoms. The molecule has 7 heteroatoms. The van der Waals surface area contributed by atoms with Gasteiger partial charge >= 0.3 is 0 Å². The van der Waals surface area contributed by atoms with Gasteiger partial charge in [0.05, 0.1) is 0 Å². The summed E-state index contributed by atoms with van der Waals surface area (Å²) in [6.45, 7) is 5.19. The smallest absolute Gasteiger partial charge is 0.243 e. The molecule has 1 saturated carbocycles. The predicted octanol–water partition coefficient (Wildman–Crippen LogP) is 1.75. The van der Waals surface area contributed by atoms with E-state index in [-0.39, 0.29) is 0 Å². The van der Waals surface area contributed by atoms with E-state index in [9.17, 15) is 0 Å². The zero-order chi connectivity index (χ0) is 14.7. The van der Waals surface area contributed by atoms with Gasteiger partial charge in [-0.15, -0.1) is 0 Å². The second kappa shape index (κ2) is 6.01. The second-order valence-corrected chi connectivity index (χ2v) is 6.22. The van der Waals surface area contributed by atoms with Crippen LogP contribution in [-0.4, -0.2) is 34.6 Å². The van der Waals surface area contributed by atoms with Crippen LogP contribution in [0.1, 0.15) is 45.4 Å². The summed E-state index contributed by atoms with van der Waals surface area (Å²) in [4.78, 5) is 15.4. The fourth-order valence-electron chi connectivity index (χ4n) is 3.06. The Hall–Kier alpha value is -1.63. The van der Waals surface area contributed by atoms with Gasteiger partial charge in [0.25, 0.3) is 0 Å². The van der Waals surface area contributed by atoms with Crippen molar-refractivity contribution in [3.63, 3.8) is 0 Å². The molecule has 0 radical (unpaired) electrons. The maximum absolute atomic E-state index is 5.48. The minimum atomic E-state index is 0.426. The molecule has 1 aliphatic carbocycles. The molecule has 1 aliphatic heterocycles. The van der Waals surface area contributed by atoms with Crippen molar-refractivity contribution in [1.82, 2.24) is 15.0 Å². The van der Waals surface area contributed by atoms with E-state index in [4.69, 9.17) is 5.84 Å². The highest BCUT2D eigenvalue weighted by Gasteiger charge is 2.41. The van der Waals surface area contributed by atoms with E-state index in [1.54, 1.807) is 0 Å². The zero-order valence-corrected chi connectivity index (χ0v) is 12.7. The minimum Gasteiger partial charge on any atom is -0.353 e. The van der Waals surface area contributed by atoms with Gasteiger partial charge in [-0.3, -0.25) is 5.43 Å². The first-order chi connectivity index (χ1) is 10.2. The van der Waals surface area contributed by atoms with Crippen molar-refractivity contribution in [2.75, 3.05) is 35.3 Å². The monoisotopic (exact) mass is 291 g/mol. The molecule has 7 nitrogen and oxygen atoms in total. The highest BCUT2D eigenvalue weighted by Crippen LogP contribution is 2.49. The van der Waals surface area contributed by atoms with Crippen LogP contribution >= 0.6 is 0 Å². The standard InChI is InChI=1S/C14H25N7/c1-2-5-14(6-7-14)10-16-11-17-12(20-15)19-13(18-11)21-8-3-4-9-21/h2-10,15H2,1H3,(H2,16,17,18,19,20). The predicted molar refractivity (Wildman–Crippen MR) is 84.1 cm³/mol. The molecule has 3 rings (SSSR count). The number of nitrogens with one attached hydrogen (secondary N) is 2. The first kappa shape index (κ1) is 14.3. The molecular formula is C14H25N7. The Kier molecular flexibility index (Phi) is 4.10. The summed E-state index contributed by atoms with van der Waals surface area (Å²) in [5.41, 5.74) is 3.00. The largest absolute Gasteiger partial charge is 0.353 e. The number of rotatable bonds is 7. The van der Waals surface area contributed by atoms with Crippen LogP contribution in [0.2, 0.25) is 0 Å². The van der Waals surface area contributed by atoms with Crippen LogP contribution in [0.4, 0.5) is 17.8 Å². The lowest BCUT2D eigenvalue weighted by molar-refractivity contribution is 0.484. The number of nitrogen functional groups attached to an aromatic ring is 1. The van der Waals surface area contributed by atoms with Crippen LogP contribution in [-0.2, 0) is 0 Å². The fraction of sp³-hybridized carbons (Fsp3) is 0.786. The minimum absolute atomic E-state index is 0.426. The molecule has 4 N–H and O–H groups in total. The van der Waals surface area contributed by atoms with Gasteiger partial charge in [0.2, 0.25) is 17.8 Å². The number of hydrogen-bond donors (Lipinski definition) is 3. The van der Waals surface area contributed by atoms with E-state index in [1.165, 1.54) is 38.5 Å². The van der Waals surface area contributed by atoms with Gasteiger partial charge in [-0.2, -0.15) is 15.0 Å². The Labute approximate surface area is 125 Å². The maximum atomic E-state index is 5.48. The molecule has 2 aliphatic rings. The van der Waals surface area contributed by atoms with Crippen LogP contribution in [0.3, 0.4) is 0 Å². The molecule has 0 unspecified atom stereocenters. The van der Waals surface area contributed by atoms with E-state index in [0.29, 0.717) is 17.3 Å². The van der Waals surface area contributed by atoms with Crippen molar-refractivity contribution in [2.45, 2.75) is 45.4 Å². The van der Waals surface area contributed by atoms with E-state index in [1.807, 2.05) is 0 Å². The summed E-state index contributed by atoms with van der Waals surface area (Å²) in [5, 5.41) is 3.39. The Morgan fingerprint density at radius 2 is 1.86 bits per heavy atom. The van der Waals surface area contributed by atoms with Crippen LogP contribution in [0.15, 0.2) is 0 Å². The number of nitrogens with zero attached hydrogens (tertiary/aromatic N) is 4. The molecule has 0 atom stereocenters. The first-order valence-corrected chi connectivity index (χ1v) is 7.96. The Morgan fingerprint density at radius 3 is 2.48 bits per heavy atom. The third-order valence-corrected chi connectivity index (χ3v) is 4.50. The third-order valence-electron chi connectivity index (χ3n) is 4.50. The van der Waals surface area contributed by atoms with Crippen LogP contribution < -0.4 is 21.5 Å². The van der Waals surface area contributed by atoms with E-state index in [0.717, 1.165) is 25.6 Å². The van der Waals surface area contributed by atoms with Crippen molar-refractivity contribution in [3.05, 3.63) is 0 Å². The number of hydrogen-bond acceptors (Lipinski definition) is 7. The van der Waals surface area contributed by atoms with Gasteiger partial charge in [-0.05, 0) is 37.5 Å². The van der Waals surface area contributed by atoms with Crippen molar-refractivity contribution in [1.29, 1.82) is 0 Å². The molecule has 1 aromatic rings. The Bertz CT molecular complexity index is 480. The topological polar surface area (TPSA) is 92.0 Å². The molecule has 0 spiro atoms. The molecule has 116 valence electrons. The molecule has 0 amide bonds. The molecule has 2 heterocycles. The summed E-state index contributed by atoms with van der Waals surface area (Å²) >= 11 is 0. The zero-order valence-electron chi connectivity index (χ0n) is 12.7. The highest BCUT2D eigenvalue weighted by molar-refractivity contribution is 5.44. The van der Waals surface area contributed by atoms with Crippen LogP contribution in [0.5, 0.6) is 0 Å². The molecular weight excluding hydrogens is 266 g/mol. The van der Waals surface area contributed by atoms with Gasteiger partial charge in [0, 0.05) is 19.6 Å². The van der Waals surface area contributed by atoms with Gasteiger partial charge in [-0.1, -0.05) is 13.3 Å². The second-order valence-electron chi connectivity index (χ2n) is 6.22. The first-order valence-electron chi connectivity index (χ1n) is 7.96. The molecule has 0 aromatic carbocycles. The summed E-state index contributed by atoms with van der Waals surface area (Å²) in [7, 11) is 0. The Morgan fingerprint density at radius 1 is 1.14 bits per heavy atom. The average Bonchev–Trinajstić information content (AvgIpc) is 3.05. The number of hydrazine groups is 1. The fourth-order valence-corrected chi connectivity index (χ4v) is 3.06. The SMILES string of the molecule is CCCC1(CNc2nc(NN)nc(N3CCCC3)n2)CC1. The summed E-state index contributed by atoms with van der Waals surface area (Å²) in [5.74, 6) is 7.25. The van der Waals surface area contributed by atoms with Crippen molar-refractivity contribution in [3.8, 4) is 0 Å². The van der Waals surface area contributed by atoms with Crippen molar-refractivity contribution in [2.24, 2.45) is 11.3 Å².